The molecule has 2 N–H and O–H groups in total. The van der Waals surface area contributed by atoms with E-state index in [9.17, 15) is 18.4 Å². The van der Waals surface area contributed by atoms with Crippen LogP contribution in [0, 0.1) is 18.6 Å². The maximum absolute atomic E-state index is 13.5. The summed E-state index contributed by atoms with van der Waals surface area (Å²) in [6.07, 6.45) is -0.243. The number of aryl methyl sites for hydroxylation is 1. The zero-order valence-corrected chi connectivity index (χ0v) is 13.2. The van der Waals surface area contributed by atoms with Crippen LogP contribution in [-0.4, -0.2) is 22.0 Å². The van der Waals surface area contributed by atoms with Crippen LogP contribution >= 0.6 is 11.3 Å². The normalized spacial score (nSPS) is 12.0. The van der Waals surface area contributed by atoms with Crippen molar-refractivity contribution >= 4 is 23.2 Å². The second-order valence-corrected chi connectivity index (χ2v) is 6.00. The first-order valence-corrected chi connectivity index (χ1v) is 7.53. The molecule has 2 rings (SSSR count). The highest BCUT2D eigenvalue weighted by Gasteiger charge is 2.19. The van der Waals surface area contributed by atoms with Crippen LogP contribution in [0.3, 0.4) is 0 Å². The first-order valence-electron chi connectivity index (χ1n) is 6.72. The summed E-state index contributed by atoms with van der Waals surface area (Å²) in [4.78, 5) is 27.2. The minimum absolute atomic E-state index is 0.0812. The number of hydrogen-bond acceptors (Lipinski definition) is 4. The highest BCUT2D eigenvalue weighted by molar-refractivity contribution is 7.13. The summed E-state index contributed by atoms with van der Waals surface area (Å²) in [7, 11) is 0. The number of rotatable bonds is 5. The van der Waals surface area contributed by atoms with Gasteiger partial charge in [-0.2, -0.15) is 0 Å². The molecule has 5 nitrogen and oxygen atoms in total. The number of carboxylic acid groups (broad SMARTS) is 1. The van der Waals surface area contributed by atoms with Gasteiger partial charge in [-0.15, -0.1) is 11.3 Å². The van der Waals surface area contributed by atoms with Crippen molar-refractivity contribution in [3.63, 3.8) is 0 Å². The standard InChI is InChI=1S/C15H14F2N2O3S/c1-7-13(15(21)22)23-14(19-7)8(2)18-12(20)5-9-3-4-10(16)6-11(9)17/h3-4,6,8H,5H2,1-2H3,(H,18,20)(H,21,22). The SMILES string of the molecule is Cc1nc(C(C)NC(=O)Cc2ccc(F)cc2F)sc1C(=O)O. The largest absolute Gasteiger partial charge is 0.477 e. The molecule has 0 aliphatic heterocycles. The van der Waals surface area contributed by atoms with Crippen molar-refractivity contribution in [3.05, 3.63) is 51.0 Å². The second-order valence-electron chi connectivity index (χ2n) is 4.97. The lowest BCUT2D eigenvalue weighted by Crippen LogP contribution is -2.28. The number of nitrogens with one attached hydrogen (secondary N) is 1. The van der Waals surface area contributed by atoms with Gasteiger partial charge >= 0.3 is 5.97 Å². The Labute approximate surface area is 135 Å². The van der Waals surface area contributed by atoms with Crippen molar-refractivity contribution in [2.24, 2.45) is 0 Å². The van der Waals surface area contributed by atoms with E-state index in [0.29, 0.717) is 10.7 Å². The molecular weight excluding hydrogens is 326 g/mol. The number of thiazole rings is 1. The number of aromatic nitrogens is 1. The summed E-state index contributed by atoms with van der Waals surface area (Å²) in [6, 6.07) is 2.50. The van der Waals surface area contributed by atoms with Crippen LogP contribution in [0.1, 0.15) is 38.9 Å². The average molecular weight is 340 g/mol. The summed E-state index contributed by atoms with van der Waals surface area (Å²) in [6.45, 7) is 3.23. The van der Waals surface area contributed by atoms with Gasteiger partial charge in [0, 0.05) is 6.07 Å². The van der Waals surface area contributed by atoms with Crippen molar-refractivity contribution in [2.75, 3.05) is 0 Å². The fourth-order valence-electron chi connectivity index (χ4n) is 1.99. The molecule has 1 amide bonds. The predicted octanol–water partition coefficient (Wildman–Crippen LogP) is 2.85. The third-order valence-electron chi connectivity index (χ3n) is 3.12. The molecule has 0 fully saturated rings. The molecule has 1 heterocycles. The molecule has 0 aliphatic carbocycles. The minimum Gasteiger partial charge on any atom is -0.477 e. The van der Waals surface area contributed by atoms with Gasteiger partial charge in [-0.05, 0) is 25.5 Å². The van der Waals surface area contributed by atoms with E-state index in [1.54, 1.807) is 13.8 Å². The number of amides is 1. The maximum Gasteiger partial charge on any atom is 0.347 e. The van der Waals surface area contributed by atoms with E-state index in [0.717, 1.165) is 23.5 Å². The Kier molecular flexibility index (Phi) is 5.05. The predicted molar refractivity (Wildman–Crippen MR) is 80.4 cm³/mol. The van der Waals surface area contributed by atoms with E-state index in [1.807, 2.05) is 0 Å². The van der Waals surface area contributed by atoms with Gasteiger partial charge in [-0.1, -0.05) is 6.07 Å². The van der Waals surface area contributed by atoms with Gasteiger partial charge in [0.2, 0.25) is 5.91 Å². The number of nitrogens with zero attached hydrogens (tertiary/aromatic N) is 1. The third-order valence-corrected chi connectivity index (χ3v) is 4.45. The number of hydrogen-bond donors (Lipinski definition) is 2. The average Bonchev–Trinajstić information content (AvgIpc) is 2.84. The first kappa shape index (κ1) is 17.0. The van der Waals surface area contributed by atoms with Crippen LogP contribution in [0.2, 0.25) is 0 Å². The molecule has 1 aromatic carbocycles. The Bertz CT molecular complexity index is 761. The molecule has 23 heavy (non-hydrogen) atoms. The Balaban J connectivity index is 2.05. The number of halogens is 2. The van der Waals surface area contributed by atoms with Crippen molar-refractivity contribution in [1.82, 2.24) is 10.3 Å². The van der Waals surface area contributed by atoms with Crippen LogP contribution in [0.15, 0.2) is 18.2 Å². The van der Waals surface area contributed by atoms with Crippen molar-refractivity contribution in [3.8, 4) is 0 Å². The van der Waals surface area contributed by atoms with Crippen molar-refractivity contribution in [1.29, 1.82) is 0 Å². The zero-order valence-electron chi connectivity index (χ0n) is 12.4. The molecule has 2 aromatic rings. The third kappa shape index (κ3) is 4.10. The summed E-state index contributed by atoms with van der Waals surface area (Å²) in [5.41, 5.74) is 0.459. The zero-order chi connectivity index (χ0) is 17.1. The molecule has 0 saturated carbocycles. The molecular formula is C15H14F2N2O3S. The molecule has 1 unspecified atom stereocenters. The quantitative estimate of drug-likeness (QED) is 0.877. The molecule has 0 radical (unpaired) electrons. The lowest BCUT2D eigenvalue weighted by Gasteiger charge is -2.11. The van der Waals surface area contributed by atoms with E-state index < -0.39 is 29.6 Å². The van der Waals surface area contributed by atoms with E-state index in [4.69, 9.17) is 5.11 Å². The molecule has 0 bridgehead atoms. The van der Waals surface area contributed by atoms with Crippen LogP contribution in [0.5, 0.6) is 0 Å². The highest BCUT2D eigenvalue weighted by atomic mass is 32.1. The molecule has 0 spiro atoms. The molecule has 1 atom stereocenters. The second kappa shape index (κ2) is 6.82. The molecule has 122 valence electrons. The summed E-state index contributed by atoms with van der Waals surface area (Å²) in [5, 5.41) is 12.1. The topological polar surface area (TPSA) is 79.3 Å². The Morgan fingerprint density at radius 3 is 2.65 bits per heavy atom. The first-order chi connectivity index (χ1) is 10.8. The number of carbonyl (C=O) groups is 2. The lowest BCUT2D eigenvalue weighted by molar-refractivity contribution is -0.121. The minimum atomic E-state index is -1.07. The smallest absolute Gasteiger partial charge is 0.347 e. The van der Waals surface area contributed by atoms with Crippen LogP contribution in [0.25, 0.3) is 0 Å². The van der Waals surface area contributed by atoms with E-state index in [-0.39, 0.29) is 16.9 Å². The highest BCUT2D eigenvalue weighted by Crippen LogP contribution is 2.23. The molecule has 8 heteroatoms. The van der Waals surface area contributed by atoms with Gasteiger partial charge in [0.25, 0.3) is 0 Å². The summed E-state index contributed by atoms with van der Waals surface area (Å²) in [5.74, 6) is -3.03. The fraction of sp³-hybridized carbons (Fsp3) is 0.267. The van der Waals surface area contributed by atoms with Gasteiger partial charge in [0.1, 0.15) is 21.5 Å². The van der Waals surface area contributed by atoms with E-state index >= 15 is 0 Å². The molecule has 1 aromatic heterocycles. The summed E-state index contributed by atoms with van der Waals surface area (Å²) < 4.78 is 26.3. The number of aromatic carboxylic acids is 1. The van der Waals surface area contributed by atoms with Crippen molar-refractivity contribution in [2.45, 2.75) is 26.3 Å². The van der Waals surface area contributed by atoms with Crippen molar-refractivity contribution < 1.29 is 23.5 Å². The Morgan fingerprint density at radius 2 is 2.09 bits per heavy atom. The number of benzene rings is 1. The van der Waals surface area contributed by atoms with Gasteiger partial charge < -0.3 is 10.4 Å². The van der Waals surface area contributed by atoms with Crippen LogP contribution in [-0.2, 0) is 11.2 Å². The van der Waals surface area contributed by atoms with Gasteiger partial charge in [0.15, 0.2) is 0 Å². The van der Waals surface area contributed by atoms with Crippen LogP contribution in [0.4, 0.5) is 8.78 Å². The Hall–Kier alpha value is -2.35. The lowest BCUT2D eigenvalue weighted by atomic mass is 10.1. The van der Waals surface area contributed by atoms with Gasteiger partial charge in [0.05, 0.1) is 18.2 Å². The Morgan fingerprint density at radius 1 is 1.39 bits per heavy atom. The number of carbonyl (C=O) groups excluding carboxylic acids is 1. The monoisotopic (exact) mass is 340 g/mol. The van der Waals surface area contributed by atoms with E-state index in [1.165, 1.54) is 6.07 Å². The maximum atomic E-state index is 13.5. The summed E-state index contributed by atoms with van der Waals surface area (Å²) >= 11 is 0.980. The van der Waals surface area contributed by atoms with Crippen LogP contribution < -0.4 is 5.32 Å². The van der Waals surface area contributed by atoms with Gasteiger partial charge in [-0.25, -0.2) is 18.6 Å². The van der Waals surface area contributed by atoms with E-state index in [2.05, 4.69) is 10.3 Å². The fourth-order valence-corrected chi connectivity index (χ4v) is 2.90. The van der Waals surface area contributed by atoms with Gasteiger partial charge in [-0.3, -0.25) is 4.79 Å². The molecule has 0 saturated heterocycles. The molecule has 0 aliphatic rings. The number of carboxylic acids is 1.